The molecule has 1 saturated heterocycles. The topological polar surface area (TPSA) is 96.9 Å². The molecule has 10 heteroatoms. The van der Waals surface area contributed by atoms with Crippen LogP contribution in [0, 0.1) is 19.8 Å². The lowest BCUT2D eigenvalue weighted by molar-refractivity contribution is 0.0951. The molecule has 3 N–H and O–H groups in total. The molecule has 4 aromatic rings. The SMILES string of the molecule is Cc1cc(C)cc(NC(=S)Nc2cc(C(=O)NCc3ccc4c(c3)OCO4)ccc2N2CC3CC(C2)c2cccc(=O)n2C3)c1. The molecule has 0 saturated carbocycles. The van der Waals surface area contributed by atoms with Crippen molar-refractivity contribution in [2.75, 3.05) is 35.4 Å². The van der Waals surface area contributed by atoms with Gasteiger partial charge in [-0.2, -0.15) is 0 Å². The number of pyridine rings is 1. The zero-order valence-electron chi connectivity index (χ0n) is 25.3. The molecule has 3 aliphatic rings. The second-order valence-electron chi connectivity index (χ2n) is 12.2. The minimum Gasteiger partial charge on any atom is -0.454 e. The molecule has 0 radical (unpaired) electrons. The van der Waals surface area contributed by atoms with E-state index in [4.69, 9.17) is 21.7 Å². The van der Waals surface area contributed by atoms with E-state index in [9.17, 15) is 9.59 Å². The molecule has 3 aliphatic heterocycles. The number of hydrogen-bond donors (Lipinski definition) is 3. The van der Waals surface area contributed by atoms with E-state index in [2.05, 4.69) is 46.8 Å². The zero-order valence-corrected chi connectivity index (χ0v) is 26.1. The Kier molecular flexibility index (Phi) is 7.66. The molecular weight excluding hydrogens is 586 g/mol. The van der Waals surface area contributed by atoms with Crippen LogP contribution in [0.25, 0.3) is 0 Å². The molecule has 2 unspecified atom stereocenters. The van der Waals surface area contributed by atoms with Crippen molar-refractivity contribution >= 4 is 40.3 Å². The Labute approximate surface area is 267 Å². The molecule has 230 valence electrons. The van der Waals surface area contributed by atoms with E-state index >= 15 is 0 Å². The van der Waals surface area contributed by atoms with Crippen molar-refractivity contribution in [2.24, 2.45) is 5.92 Å². The van der Waals surface area contributed by atoms with Crippen LogP contribution >= 0.6 is 12.2 Å². The van der Waals surface area contributed by atoms with Gasteiger partial charge in [-0.25, -0.2) is 0 Å². The number of carbonyl (C=O) groups is 1. The molecule has 0 spiro atoms. The number of ether oxygens (including phenoxy) is 2. The first-order valence-electron chi connectivity index (χ1n) is 15.2. The highest BCUT2D eigenvalue weighted by atomic mass is 32.1. The quantitative estimate of drug-likeness (QED) is 0.241. The largest absolute Gasteiger partial charge is 0.454 e. The standard InChI is InChI=1S/C35H35N5O4S/c1-21-10-22(2)12-27(11-21)37-35(45)38-28-15-25(34(42)36-16-23-6-9-31-32(14-23)44-20-43-31)7-8-30(28)39-17-24-13-26(19-39)29-4-3-5-33(41)40(29)18-24/h3-12,14-15,24,26H,13,16-20H2,1-2H3,(H,36,42)(H2,37,38,45). The highest BCUT2D eigenvalue weighted by molar-refractivity contribution is 7.80. The summed E-state index contributed by atoms with van der Waals surface area (Å²) in [4.78, 5) is 28.3. The lowest BCUT2D eigenvalue weighted by Crippen LogP contribution is -2.47. The maximum Gasteiger partial charge on any atom is 0.251 e. The Morgan fingerprint density at radius 2 is 1.73 bits per heavy atom. The third-order valence-electron chi connectivity index (χ3n) is 8.70. The van der Waals surface area contributed by atoms with E-state index in [0.29, 0.717) is 41.2 Å². The van der Waals surface area contributed by atoms with Crippen LogP contribution in [0.2, 0.25) is 0 Å². The molecule has 2 atom stereocenters. The fourth-order valence-corrected chi connectivity index (χ4v) is 7.04. The highest BCUT2D eigenvalue weighted by Gasteiger charge is 2.35. The Morgan fingerprint density at radius 1 is 0.911 bits per heavy atom. The highest BCUT2D eigenvalue weighted by Crippen LogP contribution is 2.39. The molecule has 1 amide bonds. The molecule has 1 fully saturated rings. The van der Waals surface area contributed by atoms with Gasteiger partial charge in [0.2, 0.25) is 6.79 Å². The Morgan fingerprint density at radius 3 is 2.58 bits per heavy atom. The van der Waals surface area contributed by atoms with Gasteiger partial charge in [0.05, 0.1) is 11.4 Å². The predicted molar refractivity (Wildman–Crippen MR) is 180 cm³/mol. The molecule has 9 nitrogen and oxygen atoms in total. The maximum absolute atomic E-state index is 13.4. The molecule has 1 aromatic heterocycles. The van der Waals surface area contributed by atoms with E-state index in [-0.39, 0.29) is 24.2 Å². The third kappa shape index (κ3) is 6.10. The summed E-state index contributed by atoms with van der Waals surface area (Å²) in [5.74, 6) is 1.78. The fraction of sp³-hybridized carbons (Fsp3) is 0.286. The first kappa shape index (κ1) is 28.9. The summed E-state index contributed by atoms with van der Waals surface area (Å²) in [5.41, 5.74) is 7.49. The van der Waals surface area contributed by atoms with Gasteiger partial charge in [0.25, 0.3) is 11.5 Å². The van der Waals surface area contributed by atoms with Crippen LogP contribution in [0.3, 0.4) is 0 Å². The lowest BCUT2D eigenvalue weighted by atomic mass is 9.83. The van der Waals surface area contributed by atoms with Crippen molar-refractivity contribution in [1.29, 1.82) is 0 Å². The molecular formula is C35H35N5O4S. The number of rotatable bonds is 6. The molecule has 2 bridgehead atoms. The number of fused-ring (bicyclic) bond motifs is 5. The van der Waals surface area contributed by atoms with E-state index in [1.54, 1.807) is 6.07 Å². The van der Waals surface area contributed by atoms with Crippen LogP contribution in [-0.4, -0.2) is 35.5 Å². The van der Waals surface area contributed by atoms with Crippen molar-refractivity contribution in [3.63, 3.8) is 0 Å². The van der Waals surface area contributed by atoms with Gasteiger partial charge in [0, 0.05) is 55.1 Å². The Hall–Kier alpha value is -4.83. The summed E-state index contributed by atoms with van der Waals surface area (Å²) in [5, 5.41) is 10.2. The van der Waals surface area contributed by atoms with Gasteiger partial charge in [-0.1, -0.05) is 18.2 Å². The number of aromatic nitrogens is 1. The smallest absolute Gasteiger partial charge is 0.251 e. The third-order valence-corrected chi connectivity index (χ3v) is 8.90. The summed E-state index contributed by atoms with van der Waals surface area (Å²) in [6, 6.07) is 23.2. The van der Waals surface area contributed by atoms with Crippen LogP contribution in [0.5, 0.6) is 11.5 Å². The van der Waals surface area contributed by atoms with Gasteiger partial charge in [0.15, 0.2) is 16.6 Å². The fourth-order valence-electron chi connectivity index (χ4n) is 6.81. The number of nitrogens with one attached hydrogen (secondary N) is 3. The van der Waals surface area contributed by atoms with Crippen LogP contribution in [0.15, 0.2) is 77.6 Å². The molecule has 3 aromatic carbocycles. The Bertz CT molecular complexity index is 1850. The number of hydrogen-bond acceptors (Lipinski definition) is 6. The summed E-state index contributed by atoms with van der Waals surface area (Å²) < 4.78 is 12.8. The van der Waals surface area contributed by atoms with Crippen molar-refractivity contribution in [3.8, 4) is 11.5 Å². The maximum atomic E-state index is 13.4. The van der Waals surface area contributed by atoms with E-state index in [1.807, 2.05) is 59.2 Å². The van der Waals surface area contributed by atoms with Gasteiger partial charge in [0.1, 0.15) is 0 Å². The average Bonchev–Trinajstić information content (AvgIpc) is 3.48. The molecule has 7 rings (SSSR count). The number of amides is 1. The summed E-state index contributed by atoms with van der Waals surface area (Å²) in [7, 11) is 0. The summed E-state index contributed by atoms with van der Waals surface area (Å²) >= 11 is 5.77. The molecule has 45 heavy (non-hydrogen) atoms. The zero-order chi connectivity index (χ0) is 31.1. The summed E-state index contributed by atoms with van der Waals surface area (Å²) in [6.45, 7) is 6.94. The number of anilines is 3. The lowest BCUT2D eigenvalue weighted by Gasteiger charge is -2.44. The average molecular weight is 622 g/mol. The second kappa shape index (κ2) is 11.9. The monoisotopic (exact) mass is 621 g/mol. The van der Waals surface area contributed by atoms with Crippen LogP contribution in [-0.2, 0) is 13.1 Å². The van der Waals surface area contributed by atoms with E-state index in [1.165, 1.54) is 0 Å². The van der Waals surface area contributed by atoms with Crippen molar-refractivity contribution in [2.45, 2.75) is 39.3 Å². The van der Waals surface area contributed by atoms with Gasteiger partial charge in [-0.3, -0.25) is 9.59 Å². The van der Waals surface area contributed by atoms with Crippen LogP contribution < -0.4 is 35.9 Å². The Balaban J connectivity index is 1.14. The van der Waals surface area contributed by atoms with Crippen molar-refractivity contribution in [3.05, 3.63) is 111 Å². The predicted octanol–water partition coefficient (Wildman–Crippen LogP) is 5.56. The summed E-state index contributed by atoms with van der Waals surface area (Å²) in [6.07, 6.45) is 1.05. The van der Waals surface area contributed by atoms with Crippen LogP contribution in [0.4, 0.5) is 17.1 Å². The number of nitrogens with zero attached hydrogens (tertiary/aromatic N) is 2. The van der Waals surface area contributed by atoms with Gasteiger partial charge < -0.3 is 34.9 Å². The van der Waals surface area contributed by atoms with E-state index < -0.39 is 0 Å². The number of aryl methyl sites for hydroxylation is 2. The second-order valence-corrected chi connectivity index (χ2v) is 12.6. The minimum absolute atomic E-state index is 0.0666. The molecule has 4 heterocycles. The van der Waals surface area contributed by atoms with Crippen LogP contribution in [0.1, 0.15) is 45.1 Å². The van der Waals surface area contributed by atoms with Gasteiger partial charge in [-0.15, -0.1) is 0 Å². The van der Waals surface area contributed by atoms with E-state index in [0.717, 1.165) is 59.0 Å². The number of carbonyl (C=O) groups excluding carboxylic acids is 1. The van der Waals surface area contributed by atoms with Crippen molar-refractivity contribution in [1.82, 2.24) is 9.88 Å². The first-order valence-corrected chi connectivity index (χ1v) is 15.6. The normalized spacial score (nSPS) is 17.8. The number of benzene rings is 3. The molecule has 0 aliphatic carbocycles. The van der Waals surface area contributed by atoms with Gasteiger partial charge >= 0.3 is 0 Å². The number of piperidine rings is 1. The first-order chi connectivity index (χ1) is 21.8. The number of thiocarbonyl (C=S) groups is 1. The van der Waals surface area contributed by atoms with Gasteiger partial charge in [-0.05, 0) is 104 Å². The van der Waals surface area contributed by atoms with Crippen molar-refractivity contribution < 1.29 is 14.3 Å². The minimum atomic E-state index is -0.195.